The van der Waals surface area contributed by atoms with E-state index in [2.05, 4.69) is 59.5 Å². The van der Waals surface area contributed by atoms with Crippen LogP contribution in [0, 0.1) is 0 Å². The molecule has 0 amide bonds. The van der Waals surface area contributed by atoms with Gasteiger partial charge in [0.2, 0.25) is 0 Å². The summed E-state index contributed by atoms with van der Waals surface area (Å²) in [5.74, 6) is 0.868. The van der Waals surface area contributed by atoms with Crippen molar-refractivity contribution in [3.05, 3.63) is 63.8 Å². The van der Waals surface area contributed by atoms with Gasteiger partial charge in [0, 0.05) is 49.2 Å². The Morgan fingerprint density at radius 1 is 1.06 bits per heavy atom. The Morgan fingerprint density at radius 2 is 1.88 bits per heavy atom. The molecule has 7 heteroatoms. The lowest BCUT2D eigenvalue weighted by molar-refractivity contribution is 0.258. The summed E-state index contributed by atoms with van der Waals surface area (Å²) in [5.41, 5.74) is 5.88. The lowest BCUT2D eigenvalue weighted by Crippen LogP contribution is -2.44. The molecule has 2 aromatic carbocycles. The molecule has 174 valence electrons. The summed E-state index contributed by atoms with van der Waals surface area (Å²) in [6.45, 7) is 9.94. The van der Waals surface area contributed by atoms with Gasteiger partial charge in [0.1, 0.15) is 12.4 Å². The fourth-order valence-corrected chi connectivity index (χ4v) is 5.33. The van der Waals surface area contributed by atoms with Crippen molar-refractivity contribution >= 4 is 39.1 Å². The molecule has 1 aliphatic carbocycles. The zero-order valence-electron chi connectivity index (χ0n) is 19.2. The molecule has 0 spiro atoms. The second kappa shape index (κ2) is 9.67. The van der Waals surface area contributed by atoms with E-state index >= 15 is 0 Å². The van der Waals surface area contributed by atoms with Gasteiger partial charge >= 0.3 is 0 Å². The molecule has 1 N–H and O–H groups in total. The van der Waals surface area contributed by atoms with E-state index in [9.17, 15) is 0 Å². The highest BCUT2D eigenvalue weighted by Gasteiger charge is 2.21. The summed E-state index contributed by atoms with van der Waals surface area (Å²) in [6.07, 6.45) is 2.01. The van der Waals surface area contributed by atoms with Crippen molar-refractivity contribution in [1.82, 2.24) is 20.0 Å². The largest absolute Gasteiger partial charge is 0.489 e. The number of hydrogen-bond donors (Lipinski definition) is 1. The molecule has 1 aliphatic heterocycles. The number of piperazine rings is 1. The quantitative estimate of drug-likeness (QED) is 0.490. The molecule has 3 aromatic rings. The van der Waals surface area contributed by atoms with Gasteiger partial charge in [-0.1, -0.05) is 29.3 Å². The topological polar surface area (TPSA) is 42.3 Å². The zero-order valence-corrected chi connectivity index (χ0v) is 20.7. The van der Waals surface area contributed by atoms with Crippen LogP contribution in [0.25, 0.3) is 15.9 Å². The number of aromatic nitrogens is 2. The highest BCUT2D eigenvalue weighted by Crippen LogP contribution is 2.36. The van der Waals surface area contributed by atoms with E-state index in [0.29, 0.717) is 11.8 Å². The Bertz CT molecular complexity index is 1190. The van der Waals surface area contributed by atoms with Crippen molar-refractivity contribution in [1.29, 1.82) is 0 Å². The third kappa shape index (κ3) is 4.78. The van der Waals surface area contributed by atoms with Crippen LogP contribution < -0.4 is 10.1 Å². The second-order valence-electron chi connectivity index (χ2n) is 9.23. The fourth-order valence-electron chi connectivity index (χ4n) is 4.75. The van der Waals surface area contributed by atoms with Gasteiger partial charge in [-0.05, 0) is 79.3 Å². The fraction of sp³-hybridized carbons (Fsp3) is 0.423. The molecule has 0 unspecified atom stereocenters. The van der Waals surface area contributed by atoms with Crippen molar-refractivity contribution in [3.63, 3.8) is 0 Å². The van der Waals surface area contributed by atoms with Crippen LogP contribution in [0.4, 0.5) is 0 Å². The first-order chi connectivity index (χ1) is 16.0. The Balaban J connectivity index is 1.29. The third-order valence-electron chi connectivity index (χ3n) is 6.56. The molecule has 5 nitrogen and oxygen atoms in total. The summed E-state index contributed by atoms with van der Waals surface area (Å²) in [6, 6.07) is 12.8. The molecule has 1 aromatic heterocycles. The number of fused-ring (bicyclic) bond motifs is 2. The van der Waals surface area contributed by atoms with Crippen molar-refractivity contribution in [2.75, 3.05) is 32.7 Å². The van der Waals surface area contributed by atoms with Crippen LogP contribution in [-0.2, 0) is 13.0 Å². The van der Waals surface area contributed by atoms with Gasteiger partial charge in [-0.15, -0.1) is 0 Å². The van der Waals surface area contributed by atoms with Crippen molar-refractivity contribution in [2.45, 2.75) is 39.3 Å². The van der Waals surface area contributed by atoms with Gasteiger partial charge in [-0.2, -0.15) is 5.10 Å². The zero-order chi connectivity index (χ0) is 22.9. The van der Waals surface area contributed by atoms with Gasteiger partial charge < -0.3 is 10.1 Å². The monoisotopic (exact) mass is 484 g/mol. The maximum atomic E-state index is 6.83. The Kier molecular flexibility index (Phi) is 6.66. The molecule has 0 saturated carbocycles. The molecule has 0 bridgehead atoms. The van der Waals surface area contributed by atoms with E-state index in [0.717, 1.165) is 78.4 Å². The van der Waals surface area contributed by atoms with Gasteiger partial charge in [0.15, 0.2) is 5.15 Å². The standard InChI is InChI=1S/C26H30Cl2N4O/c1-17(2)32-24-8-3-18(13-23(24)26(28)30-32)16-33-21-6-7-22-19(14-21)4-5-20(25(22)27)15-31-11-9-29-10-12-31/h3,6-8,13-14,17,29H,4-5,9-12,15-16H2,1-2H3. The second-order valence-corrected chi connectivity index (χ2v) is 9.97. The molecule has 1 fully saturated rings. The molecule has 0 radical (unpaired) electrons. The smallest absolute Gasteiger partial charge is 0.158 e. The minimum atomic E-state index is 0.260. The van der Waals surface area contributed by atoms with E-state index in [1.54, 1.807) is 0 Å². The lowest BCUT2D eigenvalue weighted by Gasteiger charge is -2.30. The molecule has 0 atom stereocenters. The molecule has 2 heterocycles. The van der Waals surface area contributed by atoms with Crippen LogP contribution in [-0.4, -0.2) is 47.4 Å². The van der Waals surface area contributed by atoms with Crippen molar-refractivity contribution in [3.8, 4) is 5.75 Å². The van der Waals surface area contributed by atoms with E-state index in [4.69, 9.17) is 27.9 Å². The Labute approximate surface area is 205 Å². The Morgan fingerprint density at radius 3 is 2.67 bits per heavy atom. The summed E-state index contributed by atoms with van der Waals surface area (Å²) in [7, 11) is 0. The van der Waals surface area contributed by atoms with Gasteiger partial charge in [0.05, 0.1) is 5.52 Å². The minimum absolute atomic E-state index is 0.260. The molecular formula is C26H30Cl2N4O. The average molecular weight is 485 g/mol. The van der Waals surface area contributed by atoms with E-state index in [1.807, 2.05) is 10.7 Å². The molecule has 5 rings (SSSR count). The van der Waals surface area contributed by atoms with E-state index < -0.39 is 0 Å². The van der Waals surface area contributed by atoms with Crippen LogP contribution in [0.5, 0.6) is 5.75 Å². The van der Waals surface area contributed by atoms with Crippen LogP contribution in [0.15, 0.2) is 42.0 Å². The normalized spacial score (nSPS) is 17.1. The van der Waals surface area contributed by atoms with E-state index in [-0.39, 0.29) is 6.04 Å². The van der Waals surface area contributed by atoms with Gasteiger partial charge in [-0.3, -0.25) is 9.58 Å². The molecule has 2 aliphatic rings. The number of benzene rings is 2. The molecule has 33 heavy (non-hydrogen) atoms. The number of aryl methyl sites for hydroxylation is 1. The third-order valence-corrected chi connectivity index (χ3v) is 7.31. The van der Waals surface area contributed by atoms with Crippen LogP contribution >= 0.6 is 23.2 Å². The lowest BCUT2D eigenvalue weighted by atomic mass is 9.91. The number of nitrogens with one attached hydrogen (secondary N) is 1. The summed E-state index contributed by atoms with van der Waals surface area (Å²) in [4.78, 5) is 2.49. The van der Waals surface area contributed by atoms with E-state index in [1.165, 1.54) is 11.1 Å². The van der Waals surface area contributed by atoms with Crippen molar-refractivity contribution in [2.24, 2.45) is 0 Å². The highest BCUT2D eigenvalue weighted by molar-refractivity contribution is 6.49. The van der Waals surface area contributed by atoms with Crippen molar-refractivity contribution < 1.29 is 4.74 Å². The minimum Gasteiger partial charge on any atom is -0.489 e. The molecule has 1 saturated heterocycles. The number of rotatable bonds is 6. The summed E-state index contributed by atoms with van der Waals surface area (Å²) in [5, 5.41) is 10.3. The maximum absolute atomic E-state index is 6.83. The number of hydrogen-bond acceptors (Lipinski definition) is 4. The number of halogens is 2. The van der Waals surface area contributed by atoms with Gasteiger partial charge in [0.25, 0.3) is 0 Å². The van der Waals surface area contributed by atoms with Gasteiger partial charge in [-0.25, -0.2) is 0 Å². The predicted octanol–water partition coefficient (Wildman–Crippen LogP) is 5.65. The number of nitrogens with zero attached hydrogens (tertiary/aromatic N) is 3. The highest BCUT2D eigenvalue weighted by atomic mass is 35.5. The summed E-state index contributed by atoms with van der Waals surface area (Å²) < 4.78 is 8.10. The first-order valence-corrected chi connectivity index (χ1v) is 12.5. The SMILES string of the molecule is CC(C)n1nc(Cl)c2cc(COc3ccc4c(c3)CCC(CN3CCNCC3)=C4Cl)ccc21. The maximum Gasteiger partial charge on any atom is 0.158 e. The first-order valence-electron chi connectivity index (χ1n) is 11.7. The number of ether oxygens (including phenoxy) is 1. The summed E-state index contributed by atoms with van der Waals surface area (Å²) >= 11 is 13.2. The van der Waals surface area contributed by atoms with Crippen LogP contribution in [0.1, 0.15) is 43.0 Å². The van der Waals surface area contributed by atoms with Crippen LogP contribution in [0.2, 0.25) is 5.15 Å². The molecular weight excluding hydrogens is 455 g/mol. The predicted molar refractivity (Wildman–Crippen MR) is 136 cm³/mol. The van der Waals surface area contributed by atoms with Crippen LogP contribution in [0.3, 0.4) is 0 Å². The average Bonchev–Trinajstić information content (AvgIpc) is 3.16. The first kappa shape index (κ1) is 22.7. The Hall–Kier alpha value is -2.05.